The molecule has 0 aromatic carbocycles. The molecule has 0 aromatic rings. The topological polar surface area (TPSA) is 71.1 Å². The van der Waals surface area contributed by atoms with Gasteiger partial charge in [0, 0.05) is 22.4 Å². The van der Waals surface area contributed by atoms with Gasteiger partial charge in [-0.25, -0.2) is 12.6 Å². The van der Waals surface area contributed by atoms with Gasteiger partial charge in [-0.05, 0) is 0 Å². The minimum atomic E-state index is -6.47. The molecule has 0 saturated carbocycles. The van der Waals surface area contributed by atoms with Crippen molar-refractivity contribution in [3.63, 3.8) is 0 Å². The van der Waals surface area contributed by atoms with Crippen LogP contribution >= 0.6 is 0 Å². The van der Waals surface area contributed by atoms with Crippen LogP contribution in [0.2, 0.25) is 0 Å². The normalized spacial score (nSPS) is 17.2. The number of hydrogen-bond donors (Lipinski definition) is 0. The first-order valence-electron chi connectivity index (χ1n) is 2.68. The van der Waals surface area contributed by atoms with Crippen molar-refractivity contribution in [3.05, 3.63) is 0 Å². The third-order valence-corrected chi connectivity index (χ3v) is 4.22. The number of rotatable bonds is 1. The summed E-state index contributed by atoms with van der Waals surface area (Å²) in [5, 5.41) is 0. The Hall–Kier alpha value is 0.250. The van der Waals surface area contributed by atoms with Gasteiger partial charge in [-0.15, -0.1) is 4.55 Å². The fraction of sp³-hybridized carbons (Fsp3) is 0.667. The molecule has 13 heteroatoms. The SMILES string of the molecule is [Ag].[O]S(=O)(=CS(=O)(=O)C(F)(F)F)C(F)(F)F. The molecule has 0 amide bonds. The molecule has 0 aromatic heterocycles. The van der Waals surface area contributed by atoms with Crippen molar-refractivity contribution in [3.8, 4) is 0 Å². The van der Waals surface area contributed by atoms with Gasteiger partial charge in [0.1, 0.15) is 4.70 Å². The Morgan fingerprint density at radius 1 is 0.812 bits per heavy atom. The smallest absolute Gasteiger partial charge is 0.228 e. The van der Waals surface area contributed by atoms with Crippen molar-refractivity contribution in [2.45, 2.75) is 11.0 Å². The molecular formula is C3HAgF6O4S2. The predicted molar refractivity (Wildman–Crippen MR) is 35.9 cm³/mol. The summed E-state index contributed by atoms with van der Waals surface area (Å²) in [6.45, 7) is 0. The minimum Gasteiger partial charge on any atom is -0.228 e. The van der Waals surface area contributed by atoms with Crippen molar-refractivity contribution in [2.24, 2.45) is 0 Å². The Labute approximate surface area is 101 Å². The van der Waals surface area contributed by atoms with E-state index in [4.69, 9.17) is 0 Å². The van der Waals surface area contributed by atoms with Gasteiger partial charge >= 0.3 is 11.0 Å². The van der Waals surface area contributed by atoms with Gasteiger partial charge in [0.15, 0.2) is 0 Å². The van der Waals surface area contributed by atoms with Crippen molar-refractivity contribution in [2.75, 3.05) is 0 Å². The zero-order valence-corrected chi connectivity index (χ0v) is 9.71. The molecule has 102 valence electrons. The van der Waals surface area contributed by atoms with Gasteiger partial charge in [-0.3, -0.25) is 0 Å². The first-order chi connectivity index (χ1) is 6.21. The molecule has 0 aliphatic carbocycles. The van der Waals surface area contributed by atoms with Crippen LogP contribution in [0.3, 0.4) is 0 Å². The molecule has 1 atom stereocenters. The average molecular weight is 387 g/mol. The Bertz CT molecular complexity index is 451. The molecule has 0 saturated heterocycles. The second-order valence-corrected chi connectivity index (χ2v) is 5.95. The number of alkyl halides is 6. The van der Waals surface area contributed by atoms with Crippen LogP contribution in [0.25, 0.3) is 0 Å². The van der Waals surface area contributed by atoms with E-state index in [9.17, 15) is 43.5 Å². The second-order valence-electron chi connectivity index (χ2n) is 2.08. The van der Waals surface area contributed by atoms with E-state index in [1.807, 2.05) is 0 Å². The largest absolute Gasteiger partial charge is 0.501 e. The van der Waals surface area contributed by atoms with Crippen LogP contribution in [-0.4, -0.2) is 28.3 Å². The molecule has 0 aliphatic heterocycles. The molecule has 0 fully saturated rings. The van der Waals surface area contributed by atoms with Crippen LogP contribution in [0.5, 0.6) is 0 Å². The van der Waals surface area contributed by atoms with Crippen molar-refractivity contribution >= 4 is 24.3 Å². The zero-order chi connectivity index (χ0) is 12.7. The van der Waals surface area contributed by atoms with E-state index in [1.54, 1.807) is 0 Å². The first kappa shape index (κ1) is 18.6. The van der Waals surface area contributed by atoms with Crippen molar-refractivity contribution < 1.29 is 65.9 Å². The van der Waals surface area contributed by atoms with Crippen LogP contribution in [0.4, 0.5) is 26.3 Å². The van der Waals surface area contributed by atoms with E-state index in [0.717, 1.165) is 0 Å². The van der Waals surface area contributed by atoms with Crippen LogP contribution in [0, 0.1) is 0 Å². The Morgan fingerprint density at radius 3 is 1.31 bits per heavy atom. The average Bonchev–Trinajstić information content (AvgIpc) is 1.77. The van der Waals surface area contributed by atoms with Crippen LogP contribution in [0.1, 0.15) is 0 Å². The van der Waals surface area contributed by atoms with Gasteiger partial charge in [0.2, 0.25) is 9.80 Å². The Balaban J connectivity index is 0. The monoisotopic (exact) mass is 386 g/mol. The maximum atomic E-state index is 11.5. The van der Waals surface area contributed by atoms with Gasteiger partial charge in [0.05, 0.1) is 0 Å². The van der Waals surface area contributed by atoms with Crippen molar-refractivity contribution in [1.29, 1.82) is 0 Å². The van der Waals surface area contributed by atoms with Gasteiger partial charge in [-0.2, -0.15) is 26.3 Å². The second kappa shape index (κ2) is 4.86. The Kier molecular flexibility index (Phi) is 5.65. The molecule has 4 nitrogen and oxygen atoms in total. The maximum Gasteiger partial charge on any atom is 0.501 e. The van der Waals surface area contributed by atoms with E-state index in [-0.39, 0.29) is 22.4 Å². The van der Waals surface area contributed by atoms with E-state index in [0.29, 0.717) is 0 Å². The predicted octanol–water partition coefficient (Wildman–Crippen LogP) is 0.828. The molecule has 0 aliphatic rings. The molecule has 0 heterocycles. The summed E-state index contributed by atoms with van der Waals surface area (Å²) in [4.78, 5) is 0. The van der Waals surface area contributed by atoms with Crippen LogP contribution in [-0.2, 0) is 46.6 Å². The molecule has 1 unspecified atom stereocenters. The molecular weight excluding hydrogens is 386 g/mol. The first-order valence-corrected chi connectivity index (χ1v) is 5.77. The summed E-state index contributed by atoms with van der Waals surface area (Å²) in [5.41, 5.74) is -12.2. The van der Waals surface area contributed by atoms with Crippen molar-refractivity contribution in [1.82, 2.24) is 0 Å². The fourth-order valence-corrected chi connectivity index (χ4v) is 2.48. The minimum absolute atomic E-state index is 0. The summed E-state index contributed by atoms with van der Waals surface area (Å²) in [7, 11) is -12.9. The molecule has 0 N–H and O–H groups in total. The summed E-state index contributed by atoms with van der Waals surface area (Å²) >= 11 is 0. The van der Waals surface area contributed by atoms with Gasteiger partial charge < -0.3 is 0 Å². The van der Waals surface area contributed by atoms with Gasteiger partial charge in [-0.1, -0.05) is 0 Å². The molecule has 2 radical (unpaired) electrons. The van der Waals surface area contributed by atoms with E-state index in [1.165, 1.54) is 0 Å². The van der Waals surface area contributed by atoms with Gasteiger partial charge in [0.25, 0.3) is 9.84 Å². The van der Waals surface area contributed by atoms with E-state index < -0.39 is 35.4 Å². The van der Waals surface area contributed by atoms with E-state index >= 15 is 0 Å². The molecule has 16 heavy (non-hydrogen) atoms. The molecule has 0 rings (SSSR count). The van der Waals surface area contributed by atoms with Crippen LogP contribution in [0.15, 0.2) is 0 Å². The molecule has 0 bridgehead atoms. The Morgan fingerprint density at radius 2 is 1.12 bits per heavy atom. The maximum absolute atomic E-state index is 11.5. The fourth-order valence-electron chi connectivity index (χ4n) is 0.276. The molecule has 0 spiro atoms. The number of halogens is 6. The number of sulfone groups is 1. The summed E-state index contributed by atoms with van der Waals surface area (Å²) in [6, 6.07) is 0. The number of hydrogen-bond acceptors (Lipinski definition) is 3. The summed E-state index contributed by atoms with van der Waals surface area (Å²) in [6.07, 6.45) is 0. The third kappa shape index (κ3) is 4.25. The van der Waals surface area contributed by atoms with E-state index in [2.05, 4.69) is 0 Å². The quantitative estimate of drug-likeness (QED) is 0.380. The summed E-state index contributed by atoms with van der Waals surface area (Å²) < 4.78 is 107. The summed E-state index contributed by atoms with van der Waals surface area (Å²) in [5.74, 6) is 0. The zero-order valence-electron chi connectivity index (χ0n) is 6.60. The third-order valence-electron chi connectivity index (χ3n) is 0.899. The standard InChI is InChI=1S/C3HF6O4S2.Ag/c4-2(5,6)14(10,11)1-15(12,13)3(7,8)9;/h1H;. The van der Waals surface area contributed by atoms with Crippen LogP contribution < -0.4 is 0 Å².